The topological polar surface area (TPSA) is 98.1 Å². The number of benzene rings is 2. The third kappa shape index (κ3) is 4.01. The van der Waals surface area contributed by atoms with Gasteiger partial charge < -0.3 is 10.1 Å². The number of fused-ring (bicyclic) bond motifs is 1. The molecule has 8 nitrogen and oxygen atoms in total. The van der Waals surface area contributed by atoms with Gasteiger partial charge >= 0.3 is 0 Å². The summed E-state index contributed by atoms with van der Waals surface area (Å²) in [5.41, 5.74) is 1.89. The third-order valence-electron chi connectivity index (χ3n) is 4.44. The number of hydrogen-bond acceptors (Lipinski definition) is 5. The highest BCUT2D eigenvalue weighted by Gasteiger charge is 2.27. The monoisotopic (exact) mass is 377 g/mol. The number of nitrogens with one attached hydrogen (secondary N) is 2. The first-order chi connectivity index (χ1) is 13.7. The maximum Gasteiger partial charge on any atom is 0.258 e. The average molecular weight is 377 g/mol. The molecule has 0 radical (unpaired) electrons. The molecule has 1 unspecified atom stereocenters. The molecule has 28 heavy (non-hydrogen) atoms. The van der Waals surface area contributed by atoms with E-state index in [9.17, 15) is 9.59 Å². The van der Waals surface area contributed by atoms with E-state index < -0.39 is 0 Å². The van der Waals surface area contributed by atoms with Gasteiger partial charge in [-0.3, -0.25) is 14.9 Å². The summed E-state index contributed by atoms with van der Waals surface area (Å²) in [6.45, 7) is 0.366. The van der Waals surface area contributed by atoms with Gasteiger partial charge in [0, 0.05) is 6.54 Å². The van der Waals surface area contributed by atoms with E-state index >= 15 is 0 Å². The first kappa shape index (κ1) is 17.7. The number of anilines is 1. The van der Waals surface area contributed by atoms with Crippen molar-refractivity contribution in [1.82, 2.24) is 20.1 Å². The Kier molecular flexibility index (Phi) is 5.01. The molecular formula is C20H19N5O3. The van der Waals surface area contributed by atoms with E-state index in [-0.39, 0.29) is 30.9 Å². The first-order valence-corrected chi connectivity index (χ1v) is 8.92. The van der Waals surface area contributed by atoms with Crippen LogP contribution in [0.4, 0.5) is 5.95 Å². The molecule has 0 fully saturated rings. The van der Waals surface area contributed by atoms with Gasteiger partial charge in [-0.05, 0) is 23.3 Å². The smallest absolute Gasteiger partial charge is 0.258 e. The van der Waals surface area contributed by atoms with Gasteiger partial charge in [0.05, 0.1) is 12.5 Å². The van der Waals surface area contributed by atoms with Crippen LogP contribution in [0.3, 0.4) is 0 Å². The quantitative estimate of drug-likeness (QED) is 0.684. The molecule has 1 aliphatic rings. The van der Waals surface area contributed by atoms with E-state index in [1.165, 1.54) is 6.33 Å². The van der Waals surface area contributed by atoms with Crippen LogP contribution in [0.15, 0.2) is 60.9 Å². The van der Waals surface area contributed by atoms with E-state index in [1.54, 1.807) is 10.7 Å². The van der Waals surface area contributed by atoms with Crippen molar-refractivity contribution in [3.8, 4) is 5.75 Å². The van der Waals surface area contributed by atoms with Crippen LogP contribution in [-0.4, -0.2) is 33.2 Å². The molecule has 2 aromatic carbocycles. The summed E-state index contributed by atoms with van der Waals surface area (Å²) in [6.07, 6.45) is 1.67. The number of rotatable bonds is 6. The summed E-state index contributed by atoms with van der Waals surface area (Å²) in [5, 5.41) is 9.70. The maximum atomic E-state index is 12.0. The van der Waals surface area contributed by atoms with Crippen LogP contribution in [0.1, 0.15) is 23.6 Å². The lowest BCUT2D eigenvalue weighted by molar-refractivity contribution is -0.123. The maximum absolute atomic E-state index is 12.0. The van der Waals surface area contributed by atoms with Crippen LogP contribution in [0.2, 0.25) is 0 Å². The molecule has 3 aromatic rings. The lowest BCUT2D eigenvalue weighted by atomic mass is 10.0. The number of hydrogen-bond donors (Lipinski definition) is 2. The first-order valence-electron chi connectivity index (χ1n) is 8.92. The normalized spacial score (nSPS) is 15.4. The molecule has 0 spiro atoms. The van der Waals surface area contributed by atoms with Gasteiger partial charge in [0.1, 0.15) is 12.1 Å². The summed E-state index contributed by atoms with van der Waals surface area (Å²) in [4.78, 5) is 28.0. The highest BCUT2D eigenvalue weighted by Crippen LogP contribution is 2.30. The number of carbonyl (C=O) groups is 2. The minimum atomic E-state index is -0.262. The van der Waals surface area contributed by atoms with Crippen LogP contribution in [0.25, 0.3) is 0 Å². The number of carbonyl (C=O) groups excluding carboxylic acids is 2. The van der Waals surface area contributed by atoms with Gasteiger partial charge in [0.15, 0.2) is 6.61 Å². The zero-order chi connectivity index (χ0) is 19.3. The van der Waals surface area contributed by atoms with Gasteiger partial charge in [-0.15, -0.1) is 0 Å². The van der Waals surface area contributed by atoms with Gasteiger partial charge in [0.25, 0.3) is 5.91 Å². The Balaban J connectivity index is 1.38. The fourth-order valence-electron chi connectivity index (χ4n) is 3.07. The van der Waals surface area contributed by atoms with Crippen molar-refractivity contribution >= 4 is 17.8 Å². The molecule has 2 N–H and O–H groups in total. The Morgan fingerprint density at radius 1 is 1.21 bits per heavy atom. The summed E-state index contributed by atoms with van der Waals surface area (Å²) in [6, 6.07) is 16.7. The molecule has 1 aliphatic heterocycles. The summed E-state index contributed by atoms with van der Waals surface area (Å²) >= 11 is 0. The molecule has 2 amide bonds. The zero-order valence-corrected chi connectivity index (χ0v) is 15.0. The SMILES string of the molecule is O=C(COc1cccc(C2CC(=O)Nc3ncnn32)c1)NCc1ccccc1. The highest BCUT2D eigenvalue weighted by atomic mass is 16.5. The van der Waals surface area contributed by atoms with Gasteiger partial charge in [-0.2, -0.15) is 10.1 Å². The predicted molar refractivity (Wildman–Crippen MR) is 102 cm³/mol. The van der Waals surface area contributed by atoms with Crippen LogP contribution in [0.5, 0.6) is 5.75 Å². The van der Waals surface area contributed by atoms with Crippen LogP contribution in [-0.2, 0) is 16.1 Å². The summed E-state index contributed by atoms with van der Waals surface area (Å²) in [7, 11) is 0. The van der Waals surface area contributed by atoms with Crippen LogP contribution >= 0.6 is 0 Å². The second kappa shape index (κ2) is 7.91. The minimum Gasteiger partial charge on any atom is -0.484 e. The second-order valence-corrected chi connectivity index (χ2v) is 6.42. The van der Waals surface area contributed by atoms with E-state index in [4.69, 9.17) is 4.74 Å². The second-order valence-electron chi connectivity index (χ2n) is 6.42. The number of amides is 2. The molecule has 2 heterocycles. The van der Waals surface area contributed by atoms with Gasteiger partial charge in [-0.25, -0.2) is 4.68 Å². The molecule has 1 atom stereocenters. The van der Waals surface area contributed by atoms with Gasteiger partial charge in [0.2, 0.25) is 11.9 Å². The Hall–Kier alpha value is -3.68. The minimum absolute atomic E-state index is 0.0873. The van der Waals surface area contributed by atoms with Crippen molar-refractivity contribution in [2.45, 2.75) is 19.0 Å². The highest BCUT2D eigenvalue weighted by molar-refractivity contribution is 5.91. The number of nitrogens with zero attached hydrogens (tertiary/aromatic N) is 3. The standard InChI is InChI=1S/C20H19N5O3/c26-18-10-17(25-20(24-18)22-13-23-25)15-7-4-8-16(9-15)28-12-19(27)21-11-14-5-2-1-3-6-14/h1-9,13,17H,10-12H2,(H,21,27)(H,22,23,24,26). The predicted octanol–water partition coefficient (Wildman–Crippen LogP) is 1.90. The largest absolute Gasteiger partial charge is 0.484 e. The lowest BCUT2D eigenvalue weighted by Crippen LogP contribution is -2.29. The Bertz CT molecular complexity index is 986. The van der Waals surface area contributed by atoms with Crippen molar-refractivity contribution in [1.29, 1.82) is 0 Å². The van der Waals surface area contributed by atoms with Crippen molar-refractivity contribution in [3.63, 3.8) is 0 Å². The molecule has 0 saturated carbocycles. The van der Waals surface area contributed by atoms with Crippen molar-refractivity contribution in [3.05, 3.63) is 72.1 Å². The Labute approximate surface area is 161 Å². The molecule has 0 saturated heterocycles. The van der Waals surface area contributed by atoms with E-state index in [1.807, 2.05) is 48.5 Å². The van der Waals surface area contributed by atoms with E-state index in [0.29, 0.717) is 18.2 Å². The zero-order valence-electron chi connectivity index (χ0n) is 15.0. The van der Waals surface area contributed by atoms with Crippen LogP contribution < -0.4 is 15.4 Å². The molecular weight excluding hydrogens is 358 g/mol. The van der Waals surface area contributed by atoms with E-state index in [2.05, 4.69) is 20.7 Å². The molecule has 0 aliphatic carbocycles. The Morgan fingerprint density at radius 3 is 2.93 bits per heavy atom. The van der Waals surface area contributed by atoms with Gasteiger partial charge in [-0.1, -0.05) is 42.5 Å². The van der Waals surface area contributed by atoms with Crippen molar-refractivity contribution in [2.24, 2.45) is 0 Å². The molecule has 1 aromatic heterocycles. The molecule has 4 rings (SSSR count). The molecule has 8 heteroatoms. The molecule has 142 valence electrons. The van der Waals surface area contributed by atoms with Crippen molar-refractivity contribution in [2.75, 3.05) is 11.9 Å². The fraction of sp³-hybridized carbons (Fsp3) is 0.200. The average Bonchev–Trinajstić information content (AvgIpc) is 3.19. The number of aromatic nitrogens is 3. The summed E-state index contributed by atoms with van der Waals surface area (Å²) in [5.74, 6) is 0.662. The van der Waals surface area contributed by atoms with Crippen LogP contribution in [0, 0.1) is 0 Å². The fourth-order valence-corrected chi connectivity index (χ4v) is 3.07. The summed E-state index contributed by atoms with van der Waals surface area (Å²) < 4.78 is 7.30. The third-order valence-corrected chi connectivity index (χ3v) is 4.44. The number of ether oxygens (including phenoxy) is 1. The Morgan fingerprint density at radius 2 is 2.07 bits per heavy atom. The molecule has 0 bridgehead atoms. The van der Waals surface area contributed by atoms with Crippen molar-refractivity contribution < 1.29 is 14.3 Å². The lowest BCUT2D eigenvalue weighted by Gasteiger charge is -2.24. The van der Waals surface area contributed by atoms with E-state index in [0.717, 1.165) is 11.1 Å².